The van der Waals surface area contributed by atoms with E-state index in [2.05, 4.69) is 38.4 Å². The van der Waals surface area contributed by atoms with Crippen LogP contribution in [0.15, 0.2) is 48.7 Å². The first-order valence-electron chi connectivity index (χ1n) is 10.5. The van der Waals surface area contributed by atoms with Gasteiger partial charge < -0.3 is 15.2 Å². The number of pyridine rings is 1. The van der Waals surface area contributed by atoms with Crippen molar-refractivity contribution in [3.8, 4) is 11.3 Å². The molecule has 158 valence electrons. The molecule has 2 aliphatic heterocycles. The molecule has 1 amide bonds. The van der Waals surface area contributed by atoms with Gasteiger partial charge in [-0.25, -0.2) is 0 Å². The number of hydrogen-bond acceptors (Lipinski definition) is 4. The largest absolute Gasteiger partial charge is 0.369 e. The number of carbonyl (C=O) groups is 1. The van der Waals surface area contributed by atoms with Crippen LogP contribution in [0.4, 0.5) is 5.69 Å². The van der Waals surface area contributed by atoms with E-state index in [-0.39, 0.29) is 5.91 Å². The van der Waals surface area contributed by atoms with Crippen molar-refractivity contribution >= 4 is 34.5 Å². The molecule has 0 aliphatic carbocycles. The van der Waals surface area contributed by atoms with Crippen molar-refractivity contribution in [1.29, 1.82) is 0 Å². The van der Waals surface area contributed by atoms with Crippen LogP contribution in [0, 0.1) is 0 Å². The molecular weight excluding hydrogens is 408 g/mol. The second-order valence-corrected chi connectivity index (χ2v) is 9.47. The lowest BCUT2D eigenvalue weighted by molar-refractivity contribution is 0.0946. The molecule has 0 saturated carbocycles. The Morgan fingerprint density at radius 2 is 1.90 bits per heavy atom. The van der Waals surface area contributed by atoms with Crippen molar-refractivity contribution in [2.24, 2.45) is 0 Å². The number of hydrogen-bond donors (Lipinski definition) is 2. The van der Waals surface area contributed by atoms with Crippen molar-refractivity contribution < 1.29 is 9.00 Å². The minimum absolute atomic E-state index is 0.0175. The van der Waals surface area contributed by atoms with Crippen LogP contribution < -0.4 is 10.2 Å². The van der Waals surface area contributed by atoms with Crippen molar-refractivity contribution in [3.05, 3.63) is 71.2 Å². The molecule has 2 aromatic heterocycles. The molecule has 2 aliphatic rings. The number of aromatic amines is 1. The van der Waals surface area contributed by atoms with E-state index in [1.807, 2.05) is 36.4 Å². The Labute approximate surface area is 183 Å². The number of amides is 1. The minimum Gasteiger partial charge on any atom is -0.369 e. The number of aromatic nitrogens is 2. The van der Waals surface area contributed by atoms with E-state index in [4.69, 9.17) is 0 Å². The predicted molar refractivity (Wildman–Crippen MR) is 126 cm³/mol. The fourth-order valence-electron chi connectivity index (χ4n) is 4.13. The zero-order chi connectivity index (χ0) is 21.2. The van der Waals surface area contributed by atoms with Gasteiger partial charge >= 0.3 is 0 Å². The zero-order valence-corrected chi connectivity index (χ0v) is 18.0. The summed E-state index contributed by atoms with van der Waals surface area (Å²) in [5, 5.41) is 2.88. The van der Waals surface area contributed by atoms with Crippen molar-refractivity contribution in [2.45, 2.75) is 6.42 Å². The summed E-state index contributed by atoms with van der Waals surface area (Å²) in [4.78, 5) is 22.3. The first-order valence-corrected chi connectivity index (χ1v) is 12.0. The summed E-state index contributed by atoms with van der Waals surface area (Å²) in [5.74, 6) is 1.43. The van der Waals surface area contributed by atoms with Crippen LogP contribution in [0.5, 0.6) is 0 Å². The molecule has 1 saturated heterocycles. The van der Waals surface area contributed by atoms with E-state index >= 15 is 0 Å². The summed E-state index contributed by atoms with van der Waals surface area (Å²) in [5.41, 5.74) is 6.79. The van der Waals surface area contributed by atoms with Gasteiger partial charge in [-0.1, -0.05) is 24.3 Å². The fraction of sp³-hybridized carbons (Fsp3) is 0.250. The smallest absolute Gasteiger partial charge is 0.253 e. The normalized spacial score (nSPS) is 17.0. The number of H-pyrrole nitrogens is 1. The van der Waals surface area contributed by atoms with Gasteiger partial charge in [-0.15, -0.1) is 0 Å². The highest BCUT2D eigenvalue weighted by molar-refractivity contribution is 7.85. The third kappa shape index (κ3) is 4.18. The van der Waals surface area contributed by atoms with Gasteiger partial charge in [0.25, 0.3) is 5.91 Å². The Balaban J connectivity index is 1.40. The molecule has 0 radical (unpaired) electrons. The van der Waals surface area contributed by atoms with Crippen LogP contribution in [-0.4, -0.2) is 51.2 Å². The highest BCUT2D eigenvalue weighted by Gasteiger charge is 2.20. The minimum atomic E-state index is -0.693. The van der Waals surface area contributed by atoms with Gasteiger partial charge in [-0.3, -0.25) is 14.0 Å². The van der Waals surface area contributed by atoms with E-state index in [1.165, 1.54) is 0 Å². The lowest BCUT2D eigenvalue weighted by Crippen LogP contribution is -2.38. The second kappa shape index (κ2) is 8.51. The topological polar surface area (TPSA) is 78.1 Å². The van der Waals surface area contributed by atoms with Crippen LogP contribution in [0.3, 0.4) is 0 Å². The second-order valence-electron chi connectivity index (χ2n) is 7.78. The van der Waals surface area contributed by atoms with E-state index < -0.39 is 10.8 Å². The number of nitrogens with zero attached hydrogens (tertiary/aromatic N) is 2. The van der Waals surface area contributed by atoms with E-state index in [1.54, 1.807) is 6.20 Å². The Kier molecular flexibility index (Phi) is 5.42. The average molecular weight is 433 g/mol. The Morgan fingerprint density at radius 3 is 2.74 bits per heavy atom. The Morgan fingerprint density at radius 1 is 1.06 bits per heavy atom. The number of fused-ring (bicyclic) bond motifs is 1. The summed E-state index contributed by atoms with van der Waals surface area (Å²) in [6.45, 7) is 2.30. The van der Waals surface area contributed by atoms with Crippen molar-refractivity contribution in [3.63, 3.8) is 0 Å². The number of carbonyl (C=O) groups excluding carboxylic acids is 1. The Bertz CT molecular complexity index is 1170. The van der Waals surface area contributed by atoms with E-state index in [9.17, 15) is 9.00 Å². The molecule has 0 atom stereocenters. The SMILES string of the molecule is O=C1NCCc2[nH]c(-c3ccnc(/C=C/c4ccccc4N4CCS(=O)CC4)c3)cc21. The summed E-state index contributed by atoms with van der Waals surface area (Å²) in [7, 11) is -0.693. The molecule has 7 heteroatoms. The maximum atomic E-state index is 12.1. The molecular formula is C24H24N4O2S. The summed E-state index contributed by atoms with van der Waals surface area (Å²) in [6.07, 6.45) is 6.71. The van der Waals surface area contributed by atoms with Crippen LogP contribution in [0.25, 0.3) is 23.4 Å². The van der Waals surface area contributed by atoms with Gasteiger partial charge in [0.2, 0.25) is 0 Å². The number of benzene rings is 1. The first kappa shape index (κ1) is 19.8. The van der Waals surface area contributed by atoms with Crippen LogP contribution in [-0.2, 0) is 17.2 Å². The molecule has 0 unspecified atom stereocenters. The molecule has 2 N–H and O–H groups in total. The first-order chi connectivity index (χ1) is 15.2. The van der Waals surface area contributed by atoms with Gasteiger partial charge in [0.1, 0.15) is 0 Å². The predicted octanol–water partition coefficient (Wildman–Crippen LogP) is 3.10. The Hall–Kier alpha value is -3.19. The number of nitrogens with one attached hydrogen (secondary N) is 2. The van der Waals surface area contributed by atoms with Gasteiger partial charge in [-0.05, 0) is 35.9 Å². The third-order valence-corrected chi connectivity index (χ3v) is 7.06. The van der Waals surface area contributed by atoms with E-state index in [0.29, 0.717) is 6.54 Å². The fourth-order valence-corrected chi connectivity index (χ4v) is 5.18. The molecule has 4 heterocycles. The lowest BCUT2D eigenvalue weighted by atomic mass is 10.1. The van der Waals surface area contributed by atoms with Gasteiger partial charge in [-0.2, -0.15) is 0 Å². The molecule has 0 spiro atoms. The summed E-state index contributed by atoms with van der Waals surface area (Å²) in [6, 6.07) is 14.2. The third-order valence-electron chi connectivity index (χ3n) is 5.79. The standard InChI is InChI=1S/C24H24N4O2S/c29-24-20-16-22(27-21(20)8-10-26-24)18-7-9-25-19(15-18)6-5-17-3-1-2-4-23(17)28-11-13-31(30)14-12-28/h1-7,9,15-16,27H,8,10-14H2,(H,26,29)/b6-5+. The van der Waals surface area contributed by atoms with Crippen LogP contribution in [0.1, 0.15) is 27.3 Å². The number of para-hydroxylation sites is 1. The van der Waals surface area contributed by atoms with Crippen molar-refractivity contribution in [1.82, 2.24) is 15.3 Å². The zero-order valence-electron chi connectivity index (χ0n) is 17.1. The maximum absolute atomic E-state index is 12.1. The highest BCUT2D eigenvalue weighted by Crippen LogP contribution is 2.26. The lowest BCUT2D eigenvalue weighted by Gasteiger charge is -2.29. The molecule has 31 heavy (non-hydrogen) atoms. The monoisotopic (exact) mass is 432 g/mol. The van der Waals surface area contributed by atoms with Crippen LogP contribution in [0.2, 0.25) is 0 Å². The molecule has 5 rings (SSSR count). The maximum Gasteiger partial charge on any atom is 0.253 e. The summed E-state index contributed by atoms with van der Waals surface area (Å²) < 4.78 is 11.7. The quantitative estimate of drug-likeness (QED) is 0.664. The molecule has 6 nitrogen and oxygen atoms in total. The van der Waals surface area contributed by atoms with Gasteiger partial charge in [0.05, 0.1) is 11.3 Å². The van der Waals surface area contributed by atoms with Gasteiger partial charge in [0, 0.05) is 77.2 Å². The van der Waals surface area contributed by atoms with Crippen molar-refractivity contribution in [2.75, 3.05) is 36.0 Å². The highest BCUT2D eigenvalue weighted by atomic mass is 32.2. The number of rotatable bonds is 4. The molecule has 3 aromatic rings. The number of anilines is 1. The average Bonchev–Trinajstić information content (AvgIpc) is 3.25. The van der Waals surface area contributed by atoms with Crippen LogP contribution >= 0.6 is 0 Å². The molecule has 1 fully saturated rings. The van der Waals surface area contributed by atoms with E-state index in [0.717, 1.165) is 70.5 Å². The summed E-state index contributed by atoms with van der Waals surface area (Å²) >= 11 is 0. The van der Waals surface area contributed by atoms with Gasteiger partial charge in [0.15, 0.2) is 0 Å². The molecule has 1 aromatic carbocycles. The molecule has 0 bridgehead atoms.